The molecule has 0 spiro atoms. The highest BCUT2D eigenvalue weighted by atomic mass is 35.5. The molecule has 1 atom stereocenters. The average Bonchev–Trinajstić information content (AvgIpc) is 2.54. The minimum absolute atomic E-state index is 0. The van der Waals surface area contributed by atoms with Crippen molar-refractivity contribution in [2.75, 3.05) is 19.6 Å². The van der Waals surface area contributed by atoms with Crippen molar-refractivity contribution in [2.24, 2.45) is 0 Å². The van der Waals surface area contributed by atoms with Gasteiger partial charge < -0.3 is 10.2 Å². The normalized spacial score (nSPS) is 17.3. The number of nitrogens with zero attached hydrogens (tertiary/aromatic N) is 1. The third-order valence-corrected chi connectivity index (χ3v) is 4.35. The van der Waals surface area contributed by atoms with Gasteiger partial charge >= 0.3 is 0 Å². The van der Waals surface area contributed by atoms with Gasteiger partial charge in [0.05, 0.1) is 6.04 Å². The molecule has 1 aliphatic heterocycles. The van der Waals surface area contributed by atoms with Crippen LogP contribution in [-0.4, -0.2) is 30.4 Å². The summed E-state index contributed by atoms with van der Waals surface area (Å²) in [7, 11) is 0. The Morgan fingerprint density at radius 2 is 2.00 bits per heavy atom. The quantitative estimate of drug-likeness (QED) is 0.898. The molecule has 1 fully saturated rings. The highest BCUT2D eigenvalue weighted by Gasteiger charge is 2.29. The van der Waals surface area contributed by atoms with E-state index in [4.69, 9.17) is 0 Å². The largest absolute Gasteiger partial charge is 0.329 e. The van der Waals surface area contributed by atoms with Crippen LogP contribution in [0, 0.1) is 19.7 Å². The molecule has 0 aliphatic carbocycles. The molecule has 1 unspecified atom stereocenters. The van der Waals surface area contributed by atoms with Crippen molar-refractivity contribution >= 4 is 18.3 Å². The second-order valence-electron chi connectivity index (χ2n) is 6.09. The summed E-state index contributed by atoms with van der Waals surface area (Å²) in [5.74, 6) is -0.259. The fourth-order valence-corrected chi connectivity index (χ4v) is 3.17. The van der Waals surface area contributed by atoms with Gasteiger partial charge in [0, 0.05) is 25.2 Å². The van der Waals surface area contributed by atoms with Gasteiger partial charge in [0.2, 0.25) is 0 Å². The monoisotopic (exact) mass is 348 g/mol. The molecule has 1 N–H and O–H groups in total. The molecule has 3 nitrogen and oxygen atoms in total. The number of piperazine rings is 1. The van der Waals surface area contributed by atoms with Crippen LogP contribution >= 0.6 is 12.4 Å². The second-order valence-corrected chi connectivity index (χ2v) is 6.09. The molecule has 3 rings (SSSR count). The lowest BCUT2D eigenvalue weighted by Gasteiger charge is -2.37. The molecule has 128 valence electrons. The molecular formula is C19H22ClFN2O. The van der Waals surface area contributed by atoms with E-state index < -0.39 is 0 Å². The fraction of sp³-hybridized carbons (Fsp3) is 0.316. The SMILES string of the molecule is Cc1ccc(C(=O)N2CCNCC2c2cccc(F)c2)c(C)c1.Cl. The topological polar surface area (TPSA) is 32.3 Å². The Kier molecular flexibility index (Phi) is 5.97. The van der Waals surface area contributed by atoms with Crippen LogP contribution in [0.4, 0.5) is 4.39 Å². The second kappa shape index (κ2) is 7.77. The summed E-state index contributed by atoms with van der Waals surface area (Å²) in [6, 6.07) is 12.2. The predicted molar refractivity (Wildman–Crippen MR) is 96.2 cm³/mol. The van der Waals surface area contributed by atoms with Gasteiger partial charge in [-0.05, 0) is 43.2 Å². The highest BCUT2D eigenvalue weighted by Crippen LogP contribution is 2.25. The molecule has 2 aromatic rings. The molecular weight excluding hydrogens is 327 g/mol. The van der Waals surface area contributed by atoms with E-state index in [1.54, 1.807) is 6.07 Å². The number of halogens is 2. The number of aryl methyl sites for hydroxylation is 2. The van der Waals surface area contributed by atoms with E-state index in [2.05, 4.69) is 5.32 Å². The van der Waals surface area contributed by atoms with E-state index in [1.165, 1.54) is 12.1 Å². The maximum Gasteiger partial charge on any atom is 0.254 e. The number of rotatable bonds is 2. The molecule has 1 heterocycles. The zero-order valence-corrected chi connectivity index (χ0v) is 14.7. The van der Waals surface area contributed by atoms with E-state index in [-0.39, 0.29) is 30.2 Å². The lowest BCUT2D eigenvalue weighted by Crippen LogP contribution is -2.48. The fourth-order valence-electron chi connectivity index (χ4n) is 3.17. The van der Waals surface area contributed by atoms with E-state index in [0.29, 0.717) is 13.1 Å². The average molecular weight is 349 g/mol. The van der Waals surface area contributed by atoms with Crippen LogP contribution in [0.3, 0.4) is 0 Å². The lowest BCUT2D eigenvalue weighted by atomic mass is 9.99. The molecule has 1 aliphatic rings. The molecule has 0 radical (unpaired) electrons. The number of benzene rings is 2. The number of amides is 1. The van der Waals surface area contributed by atoms with Gasteiger partial charge in [-0.25, -0.2) is 4.39 Å². The Labute approximate surface area is 148 Å². The Balaban J connectivity index is 0.00000208. The minimum atomic E-state index is -0.271. The standard InChI is InChI=1S/C19H21FN2O.ClH/c1-13-6-7-17(14(2)10-13)19(23)22-9-8-21-12-18(22)15-4-3-5-16(20)11-15;/h3-7,10-11,18,21H,8-9,12H2,1-2H3;1H. The van der Waals surface area contributed by atoms with E-state index in [0.717, 1.165) is 28.8 Å². The first kappa shape index (κ1) is 18.4. The van der Waals surface area contributed by atoms with Gasteiger partial charge in [-0.3, -0.25) is 4.79 Å². The summed E-state index contributed by atoms with van der Waals surface area (Å²) in [6.07, 6.45) is 0. The summed E-state index contributed by atoms with van der Waals surface area (Å²) < 4.78 is 13.6. The first-order valence-corrected chi connectivity index (χ1v) is 7.90. The van der Waals surface area contributed by atoms with Crippen molar-refractivity contribution in [3.8, 4) is 0 Å². The molecule has 1 amide bonds. The smallest absolute Gasteiger partial charge is 0.254 e. The summed E-state index contributed by atoms with van der Waals surface area (Å²) >= 11 is 0. The Hall–Kier alpha value is -1.91. The molecule has 2 aromatic carbocycles. The maximum absolute atomic E-state index is 13.6. The molecule has 1 saturated heterocycles. The van der Waals surface area contributed by atoms with Crippen LogP contribution in [0.2, 0.25) is 0 Å². The van der Waals surface area contributed by atoms with Crippen molar-refractivity contribution < 1.29 is 9.18 Å². The number of hydrogen-bond acceptors (Lipinski definition) is 2. The number of carbonyl (C=O) groups is 1. The van der Waals surface area contributed by atoms with E-state index in [9.17, 15) is 9.18 Å². The van der Waals surface area contributed by atoms with Crippen molar-refractivity contribution in [2.45, 2.75) is 19.9 Å². The van der Waals surface area contributed by atoms with Crippen LogP contribution < -0.4 is 5.32 Å². The van der Waals surface area contributed by atoms with Crippen LogP contribution in [-0.2, 0) is 0 Å². The Morgan fingerprint density at radius 3 is 2.71 bits per heavy atom. The van der Waals surface area contributed by atoms with Crippen molar-refractivity contribution in [3.05, 3.63) is 70.5 Å². The third kappa shape index (κ3) is 3.77. The number of hydrogen-bond donors (Lipinski definition) is 1. The molecule has 5 heteroatoms. The van der Waals surface area contributed by atoms with Gasteiger partial charge in [-0.2, -0.15) is 0 Å². The summed E-state index contributed by atoms with van der Waals surface area (Å²) in [6.45, 7) is 5.98. The van der Waals surface area contributed by atoms with Gasteiger partial charge in [-0.15, -0.1) is 12.4 Å². The van der Waals surface area contributed by atoms with Crippen molar-refractivity contribution in [1.29, 1.82) is 0 Å². The Morgan fingerprint density at radius 1 is 1.21 bits per heavy atom. The highest BCUT2D eigenvalue weighted by molar-refractivity contribution is 5.96. The molecule has 0 saturated carbocycles. The lowest BCUT2D eigenvalue weighted by molar-refractivity contribution is 0.0633. The van der Waals surface area contributed by atoms with Crippen LogP contribution in [0.1, 0.15) is 33.1 Å². The van der Waals surface area contributed by atoms with Gasteiger partial charge in [0.15, 0.2) is 0 Å². The number of nitrogens with one attached hydrogen (secondary N) is 1. The zero-order chi connectivity index (χ0) is 16.4. The van der Waals surface area contributed by atoms with Gasteiger partial charge in [0.25, 0.3) is 5.91 Å². The number of carbonyl (C=O) groups excluding carboxylic acids is 1. The van der Waals surface area contributed by atoms with Crippen LogP contribution in [0.5, 0.6) is 0 Å². The molecule has 0 bridgehead atoms. The van der Waals surface area contributed by atoms with Gasteiger partial charge in [0.1, 0.15) is 5.82 Å². The Bertz CT molecular complexity index is 735. The van der Waals surface area contributed by atoms with E-state index >= 15 is 0 Å². The third-order valence-electron chi connectivity index (χ3n) is 4.35. The summed E-state index contributed by atoms with van der Waals surface area (Å²) in [5.41, 5.74) is 3.67. The predicted octanol–water partition coefficient (Wildman–Crippen LogP) is 3.65. The first-order chi connectivity index (χ1) is 11.1. The maximum atomic E-state index is 13.6. The van der Waals surface area contributed by atoms with Crippen LogP contribution in [0.15, 0.2) is 42.5 Å². The molecule has 0 aromatic heterocycles. The van der Waals surface area contributed by atoms with Crippen LogP contribution in [0.25, 0.3) is 0 Å². The minimum Gasteiger partial charge on any atom is -0.329 e. The molecule has 24 heavy (non-hydrogen) atoms. The summed E-state index contributed by atoms with van der Waals surface area (Å²) in [5, 5.41) is 3.30. The first-order valence-electron chi connectivity index (χ1n) is 7.90. The van der Waals surface area contributed by atoms with E-state index in [1.807, 2.05) is 43.0 Å². The van der Waals surface area contributed by atoms with Crippen molar-refractivity contribution in [1.82, 2.24) is 10.2 Å². The zero-order valence-electron chi connectivity index (χ0n) is 13.9. The van der Waals surface area contributed by atoms with Crippen molar-refractivity contribution in [3.63, 3.8) is 0 Å². The summed E-state index contributed by atoms with van der Waals surface area (Å²) in [4.78, 5) is 14.9. The van der Waals surface area contributed by atoms with Gasteiger partial charge in [-0.1, -0.05) is 29.8 Å².